The second kappa shape index (κ2) is 3.75. The number of nitrogens with one attached hydrogen (secondary N) is 1. The Morgan fingerprint density at radius 1 is 1.92 bits per heavy atom. The van der Waals surface area contributed by atoms with Gasteiger partial charge in [-0.15, -0.1) is 0 Å². The minimum atomic E-state index is -0.767. The maximum Gasteiger partial charge on any atom is 0.405 e. The third-order valence-corrected chi connectivity index (χ3v) is 1.50. The molecule has 0 radical (unpaired) electrons. The second-order valence-electron chi connectivity index (χ2n) is 2.35. The van der Waals surface area contributed by atoms with Gasteiger partial charge in [0.25, 0.3) is 0 Å². The van der Waals surface area contributed by atoms with Crippen LogP contribution < -0.4 is 5.73 Å². The van der Waals surface area contributed by atoms with E-state index in [0.717, 1.165) is 5.69 Å². The minimum absolute atomic E-state index is 0.315. The number of carbonyl (C=O) groups excluding carboxylic acids is 1. The van der Waals surface area contributed by atoms with Crippen molar-refractivity contribution in [2.75, 3.05) is 0 Å². The summed E-state index contributed by atoms with van der Waals surface area (Å²) in [6.07, 6.45) is 1.19. The molecule has 1 atom stereocenters. The Morgan fingerprint density at radius 3 is 3.08 bits per heavy atom. The first-order valence-corrected chi connectivity index (χ1v) is 3.69. The summed E-state index contributed by atoms with van der Waals surface area (Å²) in [4.78, 5) is 10.4. The van der Waals surface area contributed by atoms with Gasteiger partial charge in [-0.3, -0.25) is 5.10 Å². The van der Waals surface area contributed by atoms with Crippen LogP contribution in [0.25, 0.3) is 0 Å². The number of nitrogens with zero attached hydrogens (tertiary/aromatic N) is 1. The van der Waals surface area contributed by atoms with E-state index in [2.05, 4.69) is 10.2 Å². The van der Waals surface area contributed by atoms with Crippen molar-refractivity contribution in [3.63, 3.8) is 0 Å². The predicted molar refractivity (Wildman–Crippen MR) is 42.3 cm³/mol. The molecule has 0 unspecified atom stereocenters. The Morgan fingerprint density at radius 2 is 2.67 bits per heavy atom. The molecule has 66 valence electrons. The summed E-state index contributed by atoms with van der Waals surface area (Å²) in [5.74, 6) is 0. The molecular weight excluding hydrogens is 158 g/mol. The Bertz CT molecular complexity index is 245. The molecule has 1 heterocycles. The highest BCUT2D eigenvalue weighted by Crippen LogP contribution is 2.17. The fraction of sp³-hybridized carbons (Fsp3) is 0.429. The zero-order chi connectivity index (χ0) is 8.97. The highest BCUT2D eigenvalue weighted by atomic mass is 16.6. The molecule has 1 amide bonds. The van der Waals surface area contributed by atoms with Gasteiger partial charge in [-0.1, -0.05) is 6.92 Å². The molecule has 1 aromatic heterocycles. The fourth-order valence-corrected chi connectivity index (χ4v) is 0.953. The Labute approximate surface area is 69.9 Å². The van der Waals surface area contributed by atoms with Crippen molar-refractivity contribution in [2.45, 2.75) is 19.4 Å². The number of hydrogen-bond acceptors (Lipinski definition) is 3. The van der Waals surface area contributed by atoms with Crippen LogP contribution in [0.5, 0.6) is 0 Å². The van der Waals surface area contributed by atoms with Gasteiger partial charge < -0.3 is 10.5 Å². The number of H-pyrrole nitrogens is 1. The standard InChI is InChI=1S/C7H11N3O2/c1-2-6(12-7(8)11)5-3-4-9-10-5/h3-4,6H,2H2,1H3,(H2,8,11)(H,9,10)/t6-/m1/s1. The number of hydrogen-bond donors (Lipinski definition) is 2. The molecule has 1 aromatic rings. The molecular formula is C7H11N3O2. The second-order valence-corrected chi connectivity index (χ2v) is 2.35. The van der Waals surface area contributed by atoms with E-state index in [1.54, 1.807) is 12.3 Å². The molecule has 0 saturated carbocycles. The first kappa shape index (κ1) is 8.58. The van der Waals surface area contributed by atoms with Gasteiger partial charge in [0.15, 0.2) is 0 Å². The summed E-state index contributed by atoms with van der Waals surface area (Å²) in [6.45, 7) is 1.90. The monoisotopic (exact) mass is 169 g/mol. The van der Waals surface area contributed by atoms with Gasteiger partial charge in [0.1, 0.15) is 6.10 Å². The summed E-state index contributed by atoms with van der Waals surface area (Å²) in [5.41, 5.74) is 5.64. The van der Waals surface area contributed by atoms with Gasteiger partial charge in [-0.25, -0.2) is 4.79 Å². The van der Waals surface area contributed by atoms with Gasteiger partial charge in [0, 0.05) is 6.20 Å². The van der Waals surface area contributed by atoms with E-state index in [0.29, 0.717) is 6.42 Å². The lowest BCUT2D eigenvalue weighted by molar-refractivity contribution is 0.102. The Balaban J connectivity index is 2.63. The van der Waals surface area contributed by atoms with Gasteiger partial charge in [0.05, 0.1) is 5.69 Å². The quantitative estimate of drug-likeness (QED) is 0.706. The topological polar surface area (TPSA) is 81.0 Å². The van der Waals surface area contributed by atoms with Crippen molar-refractivity contribution in [3.8, 4) is 0 Å². The van der Waals surface area contributed by atoms with Crippen molar-refractivity contribution in [3.05, 3.63) is 18.0 Å². The van der Waals surface area contributed by atoms with E-state index >= 15 is 0 Å². The molecule has 12 heavy (non-hydrogen) atoms. The lowest BCUT2D eigenvalue weighted by Crippen LogP contribution is -2.17. The molecule has 5 nitrogen and oxygen atoms in total. The van der Waals surface area contributed by atoms with E-state index in [1.807, 2.05) is 6.92 Å². The summed E-state index contributed by atoms with van der Waals surface area (Å²) in [7, 11) is 0. The van der Waals surface area contributed by atoms with Gasteiger partial charge in [0.2, 0.25) is 0 Å². The maximum atomic E-state index is 10.4. The number of rotatable bonds is 3. The van der Waals surface area contributed by atoms with Crippen LogP contribution in [0.2, 0.25) is 0 Å². The molecule has 0 aliphatic heterocycles. The summed E-state index contributed by atoms with van der Waals surface area (Å²) in [5, 5.41) is 6.45. The molecule has 0 spiro atoms. The lowest BCUT2D eigenvalue weighted by atomic mass is 10.2. The van der Waals surface area contributed by atoms with E-state index in [4.69, 9.17) is 10.5 Å². The van der Waals surface area contributed by atoms with E-state index in [-0.39, 0.29) is 6.10 Å². The fourth-order valence-electron chi connectivity index (χ4n) is 0.953. The van der Waals surface area contributed by atoms with Crippen LogP contribution in [0.3, 0.4) is 0 Å². The number of aromatic nitrogens is 2. The average Bonchev–Trinajstić information content (AvgIpc) is 2.51. The molecule has 0 aliphatic carbocycles. The van der Waals surface area contributed by atoms with E-state index in [1.165, 1.54) is 0 Å². The van der Waals surface area contributed by atoms with Crippen molar-refractivity contribution in [2.24, 2.45) is 5.73 Å². The van der Waals surface area contributed by atoms with Crippen molar-refractivity contribution >= 4 is 6.09 Å². The molecule has 0 saturated heterocycles. The average molecular weight is 169 g/mol. The number of aromatic amines is 1. The minimum Gasteiger partial charge on any atom is -0.440 e. The first-order valence-electron chi connectivity index (χ1n) is 3.69. The van der Waals surface area contributed by atoms with Gasteiger partial charge in [-0.2, -0.15) is 5.10 Å². The SMILES string of the molecule is CC[C@@H](OC(N)=O)c1ccn[nH]1. The largest absolute Gasteiger partial charge is 0.440 e. The van der Waals surface area contributed by atoms with Crippen LogP contribution in [-0.4, -0.2) is 16.3 Å². The van der Waals surface area contributed by atoms with Crippen LogP contribution in [0.15, 0.2) is 12.3 Å². The highest BCUT2D eigenvalue weighted by Gasteiger charge is 2.13. The smallest absolute Gasteiger partial charge is 0.405 e. The van der Waals surface area contributed by atoms with Crippen molar-refractivity contribution < 1.29 is 9.53 Å². The zero-order valence-electron chi connectivity index (χ0n) is 6.78. The molecule has 5 heteroatoms. The molecule has 0 fully saturated rings. The van der Waals surface area contributed by atoms with Crippen LogP contribution in [-0.2, 0) is 4.74 Å². The number of ether oxygens (including phenoxy) is 1. The van der Waals surface area contributed by atoms with Crippen LogP contribution in [0, 0.1) is 0 Å². The molecule has 1 rings (SSSR count). The molecule has 0 aliphatic rings. The Kier molecular flexibility index (Phi) is 2.68. The summed E-state index contributed by atoms with van der Waals surface area (Å²) >= 11 is 0. The predicted octanol–water partition coefficient (Wildman–Crippen LogP) is 0.956. The van der Waals surface area contributed by atoms with Gasteiger partial charge in [-0.05, 0) is 12.5 Å². The third kappa shape index (κ3) is 1.98. The van der Waals surface area contributed by atoms with Gasteiger partial charge >= 0.3 is 6.09 Å². The highest BCUT2D eigenvalue weighted by molar-refractivity contribution is 5.64. The third-order valence-electron chi connectivity index (χ3n) is 1.50. The normalized spacial score (nSPS) is 12.4. The first-order chi connectivity index (χ1) is 5.74. The number of amides is 1. The lowest BCUT2D eigenvalue weighted by Gasteiger charge is -2.11. The Hall–Kier alpha value is -1.52. The van der Waals surface area contributed by atoms with Crippen molar-refractivity contribution in [1.29, 1.82) is 0 Å². The summed E-state index contributed by atoms with van der Waals surface area (Å²) in [6, 6.07) is 1.75. The molecule has 0 bridgehead atoms. The number of nitrogens with two attached hydrogens (primary N) is 1. The summed E-state index contributed by atoms with van der Waals surface area (Å²) < 4.78 is 4.81. The number of carbonyl (C=O) groups is 1. The maximum absolute atomic E-state index is 10.4. The van der Waals surface area contributed by atoms with Crippen LogP contribution >= 0.6 is 0 Å². The van der Waals surface area contributed by atoms with Crippen LogP contribution in [0.1, 0.15) is 25.1 Å². The van der Waals surface area contributed by atoms with E-state index < -0.39 is 6.09 Å². The number of primary amides is 1. The molecule has 0 aromatic carbocycles. The van der Waals surface area contributed by atoms with Crippen molar-refractivity contribution in [1.82, 2.24) is 10.2 Å². The zero-order valence-corrected chi connectivity index (χ0v) is 6.78. The van der Waals surface area contributed by atoms with Crippen LogP contribution in [0.4, 0.5) is 4.79 Å². The molecule has 3 N–H and O–H groups in total. The van der Waals surface area contributed by atoms with E-state index in [9.17, 15) is 4.79 Å².